The number of halogens is 3. The molecule has 0 unspecified atom stereocenters. The number of pyridine rings is 3. The number of nitrogens with zero attached hydrogens (tertiary/aromatic N) is 3. The Hall–Kier alpha value is -1.55. The Morgan fingerprint density at radius 1 is 0.567 bits per heavy atom. The van der Waals surface area contributed by atoms with E-state index >= 15 is 0 Å². The van der Waals surface area contributed by atoms with Gasteiger partial charge in [0.05, 0.1) is 5.52 Å². The summed E-state index contributed by atoms with van der Waals surface area (Å²) in [4.78, 5) is 12.3. The molecule has 3 aromatic heterocycles. The number of hydrogen-bond acceptors (Lipinski definition) is 3. The van der Waals surface area contributed by atoms with Crippen molar-refractivity contribution in [2.24, 2.45) is 0 Å². The summed E-state index contributed by atoms with van der Waals surface area (Å²) in [6.45, 7) is 8.13. The molecule has 1 aromatic carbocycles. The SMILES string of the molecule is Cc1cccnc1C.Cc1cccnc1C.[Cl][Ir]([Cl])[Cl].c1ccc2ncccc2c1. The first-order valence-electron chi connectivity index (χ1n) is 9.02. The number of fused-ring (bicyclic) bond motifs is 1. The number of hydrogen-bond donors (Lipinski definition) is 0. The summed E-state index contributed by atoms with van der Waals surface area (Å²) in [5.74, 6) is 0. The number of rotatable bonds is 0. The van der Waals surface area contributed by atoms with Crippen LogP contribution in [-0.2, 0) is 13.5 Å². The largest absolute Gasteiger partial charge is 0.256 e. The standard InChI is InChI=1S/C9H7N.2C7H9N.3ClH.Ir/c1-2-6-9-8(4-1)5-3-7-10-9;2*1-6-4-3-5-8-7(6)2;;;;/h1-7H;2*3-5H,1-2H3;3*1H;/q;;;;;;+3/p-3. The summed E-state index contributed by atoms with van der Waals surface area (Å²) < 4.78 is 0. The molecule has 7 heteroatoms. The minimum Gasteiger partial charge on any atom is -0.256 e. The van der Waals surface area contributed by atoms with Gasteiger partial charge in [-0.15, -0.1) is 0 Å². The van der Waals surface area contributed by atoms with Crippen LogP contribution in [0.3, 0.4) is 0 Å². The van der Waals surface area contributed by atoms with E-state index in [4.69, 9.17) is 28.8 Å². The number of aromatic nitrogens is 3. The molecule has 0 amide bonds. The molecule has 0 aliphatic rings. The fourth-order valence-corrected chi connectivity index (χ4v) is 2.15. The topological polar surface area (TPSA) is 38.7 Å². The molecule has 0 radical (unpaired) electrons. The van der Waals surface area contributed by atoms with Gasteiger partial charge < -0.3 is 0 Å². The Morgan fingerprint density at radius 3 is 1.37 bits per heavy atom. The Balaban J connectivity index is 0.000000209. The van der Waals surface area contributed by atoms with Crippen LogP contribution in [0.2, 0.25) is 0 Å². The van der Waals surface area contributed by atoms with Gasteiger partial charge in [0.25, 0.3) is 0 Å². The van der Waals surface area contributed by atoms with Gasteiger partial charge in [-0.3, -0.25) is 15.0 Å². The fraction of sp³-hybridized carbons (Fsp3) is 0.174. The van der Waals surface area contributed by atoms with Gasteiger partial charge >= 0.3 is 42.2 Å². The molecule has 0 saturated carbocycles. The van der Waals surface area contributed by atoms with Crippen molar-refractivity contribution in [3.05, 3.63) is 102 Å². The molecule has 0 fully saturated rings. The van der Waals surface area contributed by atoms with Crippen LogP contribution in [0.1, 0.15) is 22.5 Å². The number of para-hydroxylation sites is 1. The minimum absolute atomic E-state index is 1.06. The van der Waals surface area contributed by atoms with Crippen molar-refractivity contribution >= 4 is 39.7 Å². The van der Waals surface area contributed by atoms with Crippen LogP contribution >= 0.6 is 28.8 Å². The van der Waals surface area contributed by atoms with Crippen LogP contribution in [0.25, 0.3) is 10.9 Å². The first-order valence-corrected chi connectivity index (χ1v) is 17.9. The van der Waals surface area contributed by atoms with Crippen molar-refractivity contribution in [2.75, 3.05) is 0 Å². The van der Waals surface area contributed by atoms with E-state index < -0.39 is 13.5 Å². The van der Waals surface area contributed by atoms with Crippen molar-refractivity contribution < 1.29 is 13.5 Å². The Labute approximate surface area is 196 Å². The minimum atomic E-state index is -1.92. The second-order valence-corrected chi connectivity index (χ2v) is 16.5. The zero-order valence-corrected chi connectivity index (χ0v) is 22.0. The molecule has 30 heavy (non-hydrogen) atoms. The first-order chi connectivity index (χ1) is 14.3. The first kappa shape index (κ1) is 26.5. The Morgan fingerprint density at radius 2 is 0.967 bits per heavy atom. The van der Waals surface area contributed by atoms with Gasteiger partial charge in [0.1, 0.15) is 0 Å². The van der Waals surface area contributed by atoms with E-state index in [2.05, 4.69) is 53.1 Å². The summed E-state index contributed by atoms with van der Waals surface area (Å²) in [7, 11) is 14.9. The van der Waals surface area contributed by atoms with Crippen LogP contribution in [0.4, 0.5) is 0 Å². The Kier molecular flexibility index (Phi) is 13.5. The molecule has 0 bridgehead atoms. The maximum Gasteiger partial charge on any atom is 0.0701 e. The molecule has 162 valence electrons. The average molecular weight is 642 g/mol. The molecule has 0 aliphatic carbocycles. The maximum absolute atomic E-state index is 4.97. The van der Waals surface area contributed by atoms with Gasteiger partial charge in [-0.25, -0.2) is 0 Å². The van der Waals surface area contributed by atoms with Gasteiger partial charge in [0.15, 0.2) is 0 Å². The van der Waals surface area contributed by atoms with E-state index in [0.29, 0.717) is 0 Å². The van der Waals surface area contributed by atoms with Crippen molar-refractivity contribution in [1.82, 2.24) is 15.0 Å². The molecule has 3 heterocycles. The maximum atomic E-state index is 4.97. The summed E-state index contributed by atoms with van der Waals surface area (Å²) in [5.41, 5.74) is 5.81. The van der Waals surface area contributed by atoms with Gasteiger partial charge in [-0.1, -0.05) is 36.4 Å². The quantitative estimate of drug-likeness (QED) is 0.198. The molecule has 4 aromatic rings. The zero-order chi connectivity index (χ0) is 22.4. The number of aryl methyl sites for hydroxylation is 4. The van der Waals surface area contributed by atoms with Crippen LogP contribution in [0.5, 0.6) is 0 Å². The van der Waals surface area contributed by atoms with Crippen molar-refractivity contribution in [2.45, 2.75) is 27.7 Å². The molecular formula is C23H25Cl3IrN3. The molecule has 0 atom stereocenters. The summed E-state index contributed by atoms with van der Waals surface area (Å²) in [6.07, 6.45) is 5.42. The van der Waals surface area contributed by atoms with Gasteiger partial charge in [-0.05, 0) is 63.1 Å². The average Bonchev–Trinajstić information content (AvgIpc) is 2.73. The monoisotopic (exact) mass is 641 g/mol. The molecule has 0 aliphatic heterocycles. The van der Waals surface area contributed by atoms with Crippen molar-refractivity contribution in [3.63, 3.8) is 0 Å². The van der Waals surface area contributed by atoms with Crippen molar-refractivity contribution in [1.29, 1.82) is 0 Å². The molecule has 4 rings (SSSR count). The van der Waals surface area contributed by atoms with E-state index in [9.17, 15) is 0 Å². The van der Waals surface area contributed by atoms with E-state index in [0.717, 1.165) is 16.9 Å². The molecular weight excluding hydrogens is 617 g/mol. The van der Waals surface area contributed by atoms with Crippen LogP contribution in [0.15, 0.2) is 79.3 Å². The molecule has 0 N–H and O–H groups in total. The van der Waals surface area contributed by atoms with Crippen molar-refractivity contribution in [3.8, 4) is 0 Å². The van der Waals surface area contributed by atoms with E-state index in [1.807, 2.05) is 68.8 Å². The van der Waals surface area contributed by atoms with Crippen LogP contribution in [-0.4, -0.2) is 15.0 Å². The summed E-state index contributed by atoms with van der Waals surface area (Å²) in [5, 5.41) is 1.20. The van der Waals surface area contributed by atoms with Gasteiger partial charge in [-0.2, -0.15) is 0 Å². The van der Waals surface area contributed by atoms with E-state index in [1.165, 1.54) is 16.5 Å². The second kappa shape index (κ2) is 15.3. The van der Waals surface area contributed by atoms with Crippen LogP contribution < -0.4 is 0 Å². The normalized spacial score (nSPS) is 9.77. The smallest absolute Gasteiger partial charge is 0.0701 e. The fourth-order valence-electron chi connectivity index (χ4n) is 2.15. The molecule has 0 spiro atoms. The third-order valence-electron chi connectivity index (χ3n) is 4.05. The van der Waals surface area contributed by atoms with Crippen LogP contribution in [0, 0.1) is 27.7 Å². The predicted octanol–water partition coefficient (Wildman–Crippen LogP) is 7.70. The zero-order valence-electron chi connectivity index (χ0n) is 17.3. The molecule has 3 nitrogen and oxygen atoms in total. The third-order valence-corrected chi connectivity index (χ3v) is 4.05. The van der Waals surface area contributed by atoms with Gasteiger partial charge in [0.2, 0.25) is 0 Å². The summed E-state index contributed by atoms with van der Waals surface area (Å²) >= 11 is -1.92. The van der Waals surface area contributed by atoms with E-state index in [-0.39, 0.29) is 0 Å². The predicted molar refractivity (Wildman–Crippen MR) is 127 cm³/mol. The molecule has 0 saturated heterocycles. The van der Waals surface area contributed by atoms with Gasteiger partial charge in [0, 0.05) is 35.4 Å². The van der Waals surface area contributed by atoms with E-state index in [1.54, 1.807) is 0 Å². The Bertz CT molecular complexity index is 859. The summed E-state index contributed by atoms with van der Waals surface area (Å²) in [6, 6.07) is 20.1. The number of benzene rings is 1. The second-order valence-electron chi connectivity index (χ2n) is 6.15. The third kappa shape index (κ3) is 11.6.